The van der Waals surface area contributed by atoms with E-state index in [1.165, 1.54) is 0 Å². The lowest BCUT2D eigenvalue weighted by Gasteiger charge is -2.27. The van der Waals surface area contributed by atoms with Gasteiger partial charge in [-0.15, -0.1) is 0 Å². The lowest BCUT2D eigenvalue weighted by molar-refractivity contribution is -0.142. The van der Waals surface area contributed by atoms with E-state index in [9.17, 15) is 9.59 Å². The second kappa shape index (κ2) is 5.30. The van der Waals surface area contributed by atoms with Gasteiger partial charge < -0.3 is 15.1 Å². The number of likely N-dealkylation sites (tertiary alicyclic amines) is 1. The van der Waals surface area contributed by atoms with Crippen LogP contribution in [-0.4, -0.2) is 60.9 Å². The third-order valence-corrected chi connectivity index (χ3v) is 3.26. The van der Waals surface area contributed by atoms with Crippen LogP contribution >= 0.6 is 0 Å². The molecule has 5 nitrogen and oxygen atoms in total. The van der Waals surface area contributed by atoms with Crippen LogP contribution in [0.1, 0.15) is 20.3 Å². The van der Waals surface area contributed by atoms with Crippen molar-refractivity contribution >= 4 is 11.8 Å². The van der Waals surface area contributed by atoms with Crippen molar-refractivity contribution in [1.82, 2.24) is 15.1 Å². The minimum Gasteiger partial charge on any atom is -0.344 e. The number of nitrogens with zero attached hydrogens (tertiary/aromatic N) is 2. The summed E-state index contributed by atoms with van der Waals surface area (Å²) >= 11 is 0. The van der Waals surface area contributed by atoms with E-state index < -0.39 is 0 Å². The summed E-state index contributed by atoms with van der Waals surface area (Å²) in [5, 5.41) is 2.96. The van der Waals surface area contributed by atoms with Crippen molar-refractivity contribution in [2.24, 2.45) is 0 Å². The highest BCUT2D eigenvalue weighted by molar-refractivity contribution is 5.90. The predicted molar refractivity (Wildman–Crippen MR) is 62.0 cm³/mol. The number of amides is 2. The molecule has 2 atom stereocenters. The average molecular weight is 227 g/mol. The molecule has 1 aliphatic heterocycles. The van der Waals surface area contributed by atoms with E-state index in [4.69, 9.17) is 0 Å². The van der Waals surface area contributed by atoms with Crippen molar-refractivity contribution in [3.63, 3.8) is 0 Å². The smallest absolute Gasteiger partial charge is 0.244 e. The Morgan fingerprint density at radius 2 is 2.31 bits per heavy atom. The highest BCUT2D eigenvalue weighted by Gasteiger charge is 2.36. The molecule has 0 radical (unpaired) electrons. The molecular formula is C11H21N3O2. The first-order chi connectivity index (χ1) is 7.52. The van der Waals surface area contributed by atoms with Crippen molar-refractivity contribution in [3.05, 3.63) is 0 Å². The van der Waals surface area contributed by atoms with E-state index in [-0.39, 0.29) is 23.9 Å². The van der Waals surface area contributed by atoms with Crippen molar-refractivity contribution < 1.29 is 9.59 Å². The molecule has 92 valence electrons. The van der Waals surface area contributed by atoms with E-state index in [0.29, 0.717) is 13.1 Å². The molecule has 16 heavy (non-hydrogen) atoms. The van der Waals surface area contributed by atoms with Crippen LogP contribution in [0.5, 0.6) is 0 Å². The number of hydrogen-bond acceptors (Lipinski definition) is 3. The lowest BCUT2D eigenvalue weighted by Crippen LogP contribution is -2.48. The second-order valence-corrected chi connectivity index (χ2v) is 4.19. The Morgan fingerprint density at radius 3 is 2.75 bits per heavy atom. The molecule has 2 unspecified atom stereocenters. The van der Waals surface area contributed by atoms with E-state index in [1.807, 2.05) is 6.92 Å². The van der Waals surface area contributed by atoms with Gasteiger partial charge in [0.25, 0.3) is 0 Å². The van der Waals surface area contributed by atoms with Crippen LogP contribution in [0.25, 0.3) is 0 Å². The molecule has 0 aliphatic carbocycles. The molecule has 5 heteroatoms. The molecule has 1 rings (SSSR count). The van der Waals surface area contributed by atoms with E-state index >= 15 is 0 Å². The van der Waals surface area contributed by atoms with Crippen molar-refractivity contribution in [2.45, 2.75) is 32.4 Å². The zero-order chi connectivity index (χ0) is 12.3. The standard InChI is InChI=1S/C11H21N3O2/c1-5-13(4)10(15)8(2)14-7-6-9(12-3)11(14)16/h8-9,12H,5-7H2,1-4H3. The monoisotopic (exact) mass is 227 g/mol. The molecular weight excluding hydrogens is 206 g/mol. The van der Waals surface area contributed by atoms with Crippen LogP contribution < -0.4 is 5.32 Å². The van der Waals surface area contributed by atoms with Gasteiger partial charge in [-0.3, -0.25) is 9.59 Å². The fraction of sp³-hybridized carbons (Fsp3) is 0.818. The summed E-state index contributed by atoms with van der Waals surface area (Å²) < 4.78 is 0. The van der Waals surface area contributed by atoms with Crippen molar-refractivity contribution in [2.75, 3.05) is 27.2 Å². The van der Waals surface area contributed by atoms with Crippen LogP contribution in [-0.2, 0) is 9.59 Å². The molecule has 1 heterocycles. The Kier molecular flexibility index (Phi) is 4.29. The Labute approximate surface area is 96.8 Å². The summed E-state index contributed by atoms with van der Waals surface area (Å²) in [5.41, 5.74) is 0. The number of carbonyl (C=O) groups is 2. The Hall–Kier alpha value is -1.10. The van der Waals surface area contributed by atoms with E-state index in [0.717, 1.165) is 6.42 Å². The van der Waals surface area contributed by atoms with Gasteiger partial charge in [-0.2, -0.15) is 0 Å². The summed E-state index contributed by atoms with van der Waals surface area (Å²) in [6, 6.07) is -0.474. The number of rotatable bonds is 4. The minimum atomic E-state index is -0.351. The molecule has 0 bridgehead atoms. The van der Waals surface area contributed by atoms with Gasteiger partial charge in [-0.05, 0) is 27.3 Å². The molecule has 0 aromatic carbocycles. The lowest BCUT2D eigenvalue weighted by atomic mass is 10.2. The fourth-order valence-electron chi connectivity index (χ4n) is 1.96. The van der Waals surface area contributed by atoms with Gasteiger partial charge in [0.2, 0.25) is 11.8 Å². The van der Waals surface area contributed by atoms with Gasteiger partial charge >= 0.3 is 0 Å². The molecule has 1 aliphatic rings. The third-order valence-electron chi connectivity index (χ3n) is 3.26. The van der Waals surface area contributed by atoms with Gasteiger partial charge in [-0.25, -0.2) is 0 Å². The zero-order valence-electron chi connectivity index (χ0n) is 10.5. The largest absolute Gasteiger partial charge is 0.344 e. The number of nitrogens with one attached hydrogen (secondary N) is 1. The number of likely N-dealkylation sites (N-methyl/N-ethyl adjacent to an activating group) is 2. The first kappa shape index (κ1) is 13.0. The number of carbonyl (C=O) groups excluding carboxylic acids is 2. The van der Waals surface area contributed by atoms with Gasteiger partial charge in [0, 0.05) is 20.1 Å². The summed E-state index contributed by atoms with van der Waals surface area (Å²) in [7, 11) is 3.53. The van der Waals surface area contributed by atoms with Crippen molar-refractivity contribution in [1.29, 1.82) is 0 Å². The Bertz CT molecular complexity index is 280. The summed E-state index contributed by atoms with van der Waals surface area (Å²) in [6.45, 7) is 5.05. The molecule has 0 aromatic rings. The van der Waals surface area contributed by atoms with E-state index in [2.05, 4.69) is 5.32 Å². The van der Waals surface area contributed by atoms with Gasteiger partial charge in [-0.1, -0.05) is 0 Å². The van der Waals surface area contributed by atoms with Gasteiger partial charge in [0.05, 0.1) is 6.04 Å². The maximum atomic E-state index is 11.9. The molecule has 1 saturated heterocycles. The second-order valence-electron chi connectivity index (χ2n) is 4.19. The van der Waals surface area contributed by atoms with Crippen LogP contribution in [0.3, 0.4) is 0 Å². The Morgan fingerprint density at radius 1 is 1.69 bits per heavy atom. The molecule has 1 N–H and O–H groups in total. The molecule has 0 aromatic heterocycles. The Balaban J connectivity index is 2.65. The van der Waals surface area contributed by atoms with Crippen LogP contribution in [0.2, 0.25) is 0 Å². The zero-order valence-corrected chi connectivity index (χ0v) is 10.5. The summed E-state index contributed by atoms with van der Waals surface area (Å²) in [5.74, 6) is 0.0421. The molecule has 0 saturated carbocycles. The maximum absolute atomic E-state index is 11.9. The van der Waals surface area contributed by atoms with Gasteiger partial charge in [0.1, 0.15) is 6.04 Å². The highest BCUT2D eigenvalue weighted by Crippen LogP contribution is 2.15. The van der Waals surface area contributed by atoms with Crippen LogP contribution in [0.4, 0.5) is 0 Å². The topological polar surface area (TPSA) is 52.7 Å². The average Bonchev–Trinajstić information content (AvgIpc) is 2.67. The maximum Gasteiger partial charge on any atom is 0.244 e. The third kappa shape index (κ3) is 2.35. The minimum absolute atomic E-state index is 0.00704. The van der Waals surface area contributed by atoms with Crippen LogP contribution in [0.15, 0.2) is 0 Å². The molecule has 1 fully saturated rings. The highest BCUT2D eigenvalue weighted by atomic mass is 16.2. The summed E-state index contributed by atoms with van der Waals surface area (Å²) in [4.78, 5) is 27.1. The first-order valence-electron chi connectivity index (χ1n) is 5.75. The number of hydrogen-bond donors (Lipinski definition) is 1. The SMILES string of the molecule is CCN(C)C(=O)C(C)N1CCC(NC)C1=O. The molecule has 2 amide bonds. The summed E-state index contributed by atoms with van der Waals surface area (Å²) in [6.07, 6.45) is 0.781. The fourth-order valence-corrected chi connectivity index (χ4v) is 1.96. The van der Waals surface area contributed by atoms with Crippen molar-refractivity contribution in [3.8, 4) is 0 Å². The normalized spacial score (nSPS) is 22.4. The van der Waals surface area contributed by atoms with Gasteiger partial charge in [0.15, 0.2) is 0 Å². The molecule has 0 spiro atoms. The quantitative estimate of drug-likeness (QED) is 0.716. The van der Waals surface area contributed by atoms with Crippen LogP contribution in [0, 0.1) is 0 Å². The first-order valence-corrected chi connectivity index (χ1v) is 5.75. The van der Waals surface area contributed by atoms with E-state index in [1.54, 1.807) is 30.8 Å². The predicted octanol–water partition coefficient (Wildman–Crippen LogP) is -0.326.